The molecule has 0 aromatic rings. The first kappa shape index (κ1) is 9.96. The highest BCUT2D eigenvalue weighted by molar-refractivity contribution is 5.79. The Morgan fingerprint density at radius 3 is 2.46 bits per heavy atom. The van der Waals surface area contributed by atoms with Crippen LogP contribution in [0.4, 0.5) is 0 Å². The Morgan fingerprint density at radius 2 is 1.92 bits per heavy atom. The Balaban J connectivity index is 2.37. The molecule has 13 heavy (non-hydrogen) atoms. The molecule has 0 heterocycles. The standard InChI is InChI=1S/C10H14O3/c1-8(7-11)13-10(12)9-5-3-2-4-6-9/h7,9H,1-6H2. The number of carbonyl (C=O) groups excluding carboxylic acids is 2. The van der Waals surface area contributed by atoms with Gasteiger partial charge in [0.15, 0.2) is 12.0 Å². The van der Waals surface area contributed by atoms with Crippen LogP contribution in [0.3, 0.4) is 0 Å². The van der Waals surface area contributed by atoms with E-state index in [0.29, 0.717) is 6.29 Å². The van der Waals surface area contributed by atoms with E-state index in [4.69, 9.17) is 4.74 Å². The molecule has 0 unspecified atom stereocenters. The Hall–Kier alpha value is -1.12. The fourth-order valence-corrected chi connectivity index (χ4v) is 1.57. The van der Waals surface area contributed by atoms with Crippen LogP contribution in [0.2, 0.25) is 0 Å². The van der Waals surface area contributed by atoms with Gasteiger partial charge in [0.1, 0.15) is 0 Å². The Morgan fingerprint density at radius 1 is 1.31 bits per heavy atom. The monoisotopic (exact) mass is 182 g/mol. The van der Waals surface area contributed by atoms with Crippen LogP contribution in [0.15, 0.2) is 12.3 Å². The maximum Gasteiger partial charge on any atom is 0.314 e. The Labute approximate surface area is 77.8 Å². The van der Waals surface area contributed by atoms with E-state index in [0.717, 1.165) is 25.7 Å². The third kappa shape index (κ3) is 3.01. The lowest BCUT2D eigenvalue weighted by molar-refractivity contribution is -0.146. The zero-order valence-electron chi connectivity index (χ0n) is 7.62. The number of carbonyl (C=O) groups is 2. The van der Waals surface area contributed by atoms with E-state index in [-0.39, 0.29) is 17.6 Å². The van der Waals surface area contributed by atoms with E-state index in [1.54, 1.807) is 0 Å². The molecule has 1 fully saturated rings. The van der Waals surface area contributed by atoms with E-state index in [9.17, 15) is 9.59 Å². The summed E-state index contributed by atoms with van der Waals surface area (Å²) in [6.45, 7) is 3.30. The predicted molar refractivity (Wildman–Crippen MR) is 47.9 cm³/mol. The lowest BCUT2D eigenvalue weighted by Gasteiger charge is -2.19. The van der Waals surface area contributed by atoms with Crippen molar-refractivity contribution in [3.63, 3.8) is 0 Å². The number of aldehydes is 1. The SMILES string of the molecule is C=C(C=O)OC(=O)C1CCCCC1. The van der Waals surface area contributed by atoms with Crippen molar-refractivity contribution in [2.75, 3.05) is 0 Å². The van der Waals surface area contributed by atoms with Gasteiger partial charge in [-0.1, -0.05) is 25.8 Å². The minimum atomic E-state index is -0.295. The summed E-state index contributed by atoms with van der Waals surface area (Å²) in [5.74, 6) is -0.405. The van der Waals surface area contributed by atoms with Crippen LogP contribution in [-0.2, 0) is 14.3 Å². The second-order valence-corrected chi connectivity index (χ2v) is 3.34. The molecule has 72 valence electrons. The summed E-state index contributed by atoms with van der Waals surface area (Å²) in [5.41, 5.74) is 0. The normalized spacial score (nSPS) is 17.8. The highest BCUT2D eigenvalue weighted by Gasteiger charge is 2.22. The average Bonchev–Trinajstić information content (AvgIpc) is 2.19. The average molecular weight is 182 g/mol. The Kier molecular flexibility index (Phi) is 3.68. The van der Waals surface area contributed by atoms with Crippen LogP contribution in [0.25, 0.3) is 0 Å². The smallest absolute Gasteiger partial charge is 0.314 e. The van der Waals surface area contributed by atoms with Gasteiger partial charge < -0.3 is 4.74 Å². The number of allylic oxidation sites excluding steroid dienone is 1. The van der Waals surface area contributed by atoms with Gasteiger partial charge in [0.2, 0.25) is 0 Å². The van der Waals surface area contributed by atoms with Crippen molar-refractivity contribution in [3.8, 4) is 0 Å². The first-order valence-corrected chi connectivity index (χ1v) is 4.60. The summed E-state index contributed by atoms with van der Waals surface area (Å²) in [4.78, 5) is 21.5. The third-order valence-electron chi connectivity index (χ3n) is 2.30. The molecular formula is C10H14O3. The number of hydrogen-bond acceptors (Lipinski definition) is 3. The number of rotatable bonds is 3. The van der Waals surface area contributed by atoms with Crippen molar-refractivity contribution in [1.82, 2.24) is 0 Å². The van der Waals surface area contributed by atoms with E-state index in [1.807, 2.05) is 0 Å². The molecule has 0 radical (unpaired) electrons. The first-order valence-electron chi connectivity index (χ1n) is 4.60. The van der Waals surface area contributed by atoms with Crippen LogP contribution in [0.5, 0.6) is 0 Å². The quantitative estimate of drug-likeness (QED) is 0.289. The van der Waals surface area contributed by atoms with Crippen molar-refractivity contribution < 1.29 is 14.3 Å². The fraction of sp³-hybridized carbons (Fsp3) is 0.600. The molecule has 0 aromatic heterocycles. The maximum absolute atomic E-state index is 11.3. The molecule has 1 rings (SSSR count). The molecule has 1 aliphatic carbocycles. The first-order chi connectivity index (χ1) is 6.24. The van der Waals surface area contributed by atoms with Gasteiger partial charge in [0, 0.05) is 0 Å². The minimum absolute atomic E-state index is 0.0227. The van der Waals surface area contributed by atoms with Crippen LogP contribution >= 0.6 is 0 Å². The summed E-state index contributed by atoms with van der Waals surface area (Å²) in [7, 11) is 0. The molecule has 1 aliphatic rings. The van der Waals surface area contributed by atoms with E-state index in [2.05, 4.69) is 6.58 Å². The fourth-order valence-electron chi connectivity index (χ4n) is 1.57. The molecule has 1 saturated carbocycles. The van der Waals surface area contributed by atoms with Crippen molar-refractivity contribution in [2.45, 2.75) is 32.1 Å². The Bertz CT molecular complexity index is 214. The molecule has 3 nitrogen and oxygen atoms in total. The van der Waals surface area contributed by atoms with Gasteiger partial charge in [-0.15, -0.1) is 0 Å². The maximum atomic E-state index is 11.3. The summed E-state index contributed by atoms with van der Waals surface area (Å²) >= 11 is 0. The van der Waals surface area contributed by atoms with Crippen molar-refractivity contribution in [2.24, 2.45) is 5.92 Å². The molecule has 0 aliphatic heterocycles. The molecule has 0 aromatic carbocycles. The minimum Gasteiger partial charge on any atom is -0.423 e. The zero-order chi connectivity index (χ0) is 9.68. The van der Waals surface area contributed by atoms with Gasteiger partial charge in [0.25, 0.3) is 0 Å². The largest absolute Gasteiger partial charge is 0.423 e. The second-order valence-electron chi connectivity index (χ2n) is 3.34. The molecule has 0 saturated heterocycles. The number of hydrogen-bond donors (Lipinski definition) is 0. The second kappa shape index (κ2) is 4.80. The van der Waals surface area contributed by atoms with Crippen LogP contribution in [0, 0.1) is 5.92 Å². The van der Waals surface area contributed by atoms with Gasteiger partial charge in [-0.05, 0) is 12.8 Å². The predicted octanol–water partition coefficient (Wildman–Crippen LogP) is 1.82. The van der Waals surface area contributed by atoms with Gasteiger partial charge in [0.05, 0.1) is 5.92 Å². The molecule has 0 spiro atoms. The van der Waals surface area contributed by atoms with Crippen LogP contribution < -0.4 is 0 Å². The van der Waals surface area contributed by atoms with Gasteiger partial charge in [-0.2, -0.15) is 0 Å². The lowest BCUT2D eigenvalue weighted by Crippen LogP contribution is -2.20. The summed E-state index contributed by atoms with van der Waals surface area (Å²) in [6.07, 6.45) is 5.57. The summed E-state index contributed by atoms with van der Waals surface area (Å²) < 4.78 is 4.74. The molecule has 0 atom stereocenters. The summed E-state index contributed by atoms with van der Waals surface area (Å²) in [6, 6.07) is 0. The van der Waals surface area contributed by atoms with E-state index >= 15 is 0 Å². The van der Waals surface area contributed by atoms with Crippen LogP contribution in [-0.4, -0.2) is 12.3 Å². The lowest BCUT2D eigenvalue weighted by atomic mass is 9.89. The topological polar surface area (TPSA) is 43.4 Å². The van der Waals surface area contributed by atoms with E-state index in [1.165, 1.54) is 6.42 Å². The third-order valence-corrected chi connectivity index (χ3v) is 2.30. The molecule has 3 heteroatoms. The molecule has 0 amide bonds. The van der Waals surface area contributed by atoms with Gasteiger partial charge >= 0.3 is 5.97 Å². The van der Waals surface area contributed by atoms with Crippen molar-refractivity contribution in [3.05, 3.63) is 12.3 Å². The highest BCUT2D eigenvalue weighted by atomic mass is 16.5. The molecule has 0 N–H and O–H groups in total. The summed E-state index contributed by atoms with van der Waals surface area (Å²) in [5, 5.41) is 0. The molecule has 0 bridgehead atoms. The van der Waals surface area contributed by atoms with Crippen molar-refractivity contribution in [1.29, 1.82) is 0 Å². The van der Waals surface area contributed by atoms with Crippen molar-refractivity contribution >= 4 is 12.3 Å². The zero-order valence-corrected chi connectivity index (χ0v) is 7.62. The van der Waals surface area contributed by atoms with Gasteiger partial charge in [-0.3, -0.25) is 9.59 Å². The highest BCUT2D eigenvalue weighted by Crippen LogP contribution is 2.24. The van der Waals surface area contributed by atoms with Gasteiger partial charge in [-0.25, -0.2) is 0 Å². The number of ether oxygens (including phenoxy) is 1. The molecular weight excluding hydrogens is 168 g/mol. The van der Waals surface area contributed by atoms with E-state index < -0.39 is 0 Å². The number of esters is 1. The van der Waals surface area contributed by atoms with Crippen LogP contribution in [0.1, 0.15) is 32.1 Å².